The molecule has 2 N–H and O–H groups in total. The summed E-state index contributed by atoms with van der Waals surface area (Å²) in [5.74, 6) is 0.904. The molecule has 0 atom stereocenters. The number of nitrogens with one attached hydrogen (secondary N) is 2. The van der Waals surface area contributed by atoms with E-state index in [0.29, 0.717) is 11.7 Å². The number of rotatable bonds is 2. The van der Waals surface area contributed by atoms with Crippen LogP contribution in [0.3, 0.4) is 0 Å². The van der Waals surface area contributed by atoms with Gasteiger partial charge in [-0.15, -0.1) is 0 Å². The second-order valence-electron chi connectivity index (χ2n) is 4.35. The third kappa shape index (κ3) is 2.39. The van der Waals surface area contributed by atoms with Crippen molar-refractivity contribution in [1.82, 2.24) is 10.6 Å². The second-order valence-corrected chi connectivity index (χ2v) is 4.76. The summed E-state index contributed by atoms with van der Waals surface area (Å²) >= 11 is 5.07. The molecule has 0 unspecified atom stereocenters. The molecule has 0 bridgehead atoms. The third-order valence-corrected chi connectivity index (χ3v) is 2.72. The predicted octanol–water partition coefficient (Wildman–Crippen LogP) is 1.84. The van der Waals surface area contributed by atoms with Gasteiger partial charge in [-0.25, -0.2) is 0 Å². The Kier molecular flexibility index (Phi) is 2.92. The van der Waals surface area contributed by atoms with Crippen LogP contribution in [0.1, 0.15) is 19.4 Å². The van der Waals surface area contributed by atoms with Crippen LogP contribution in [0, 0.1) is 0 Å². The zero-order valence-corrected chi connectivity index (χ0v) is 10.3. The van der Waals surface area contributed by atoms with Crippen LogP contribution in [0.5, 0.6) is 0 Å². The molecule has 2 rings (SSSR count). The van der Waals surface area contributed by atoms with E-state index < -0.39 is 0 Å². The van der Waals surface area contributed by atoms with Gasteiger partial charge in [0.1, 0.15) is 5.84 Å². The van der Waals surface area contributed by atoms with E-state index in [2.05, 4.69) is 41.6 Å². The Morgan fingerprint density at radius 3 is 2.50 bits per heavy atom. The minimum Gasteiger partial charge on any atom is -0.350 e. The lowest BCUT2D eigenvalue weighted by atomic mass is 10.1. The van der Waals surface area contributed by atoms with E-state index in [1.165, 1.54) is 5.56 Å². The Labute approximate surface area is 101 Å². The average Bonchev–Trinajstić information content (AvgIpc) is 2.50. The lowest BCUT2D eigenvalue weighted by Crippen LogP contribution is -2.40. The number of amidine groups is 1. The largest absolute Gasteiger partial charge is 0.350 e. The minimum absolute atomic E-state index is 0.189. The van der Waals surface area contributed by atoms with Crippen LogP contribution in [-0.2, 0) is 6.54 Å². The maximum atomic E-state index is 5.07. The van der Waals surface area contributed by atoms with E-state index in [1.807, 2.05) is 18.2 Å². The van der Waals surface area contributed by atoms with Crippen molar-refractivity contribution in [3.05, 3.63) is 35.9 Å². The summed E-state index contributed by atoms with van der Waals surface area (Å²) in [5.41, 5.74) is 1.01. The van der Waals surface area contributed by atoms with Gasteiger partial charge in [-0.1, -0.05) is 30.3 Å². The van der Waals surface area contributed by atoms with E-state index in [1.54, 1.807) is 0 Å². The van der Waals surface area contributed by atoms with E-state index in [4.69, 9.17) is 12.2 Å². The van der Waals surface area contributed by atoms with Gasteiger partial charge in [-0.05, 0) is 31.6 Å². The monoisotopic (exact) mass is 233 g/mol. The summed E-state index contributed by atoms with van der Waals surface area (Å²) in [7, 11) is 0. The number of benzene rings is 1. The summed E-state index contributed by atoms with van der Waals surface area (Å²) in [4.78, 5) is 4.55. The van der Waals surface area contributed by atoms with Gasteiger partial charge in [-0.3, -0.25) is 4.99 Å². The van der Waals surface area contributed by atoms with Crippen LogP contribution >= 0.6 is 12.2 Å². The first kappa shape index (κ1) is 11.1. The van der Waals surface area contributed by atoms with Gasteiger partial charge >= 0.3 is 0 Å². The summed E-state index contributed by atoms with van der Waals surface area (Å²) in [6.07, 6.45) is 0. The fraction of sp³-hybridized carbons (Fsp3) is 0.333. The summed E-state index contributed by atoms with van der Waals surface area (Å²) in [6, 6.07) is 10.2. The van der Waals surface area contributed by atoms with Gasteiger partial charge in [0.05, 0.1) is 12.1 Å². The number of thiocarbonyl (C=S) groups is 1. The normalized spacial score (nSPS) is 20.6. The van der Waals surface area contributed by atoms with Gasteiger partial charge in [0, 0.05) is 0 Å². The fourth-order valence-corrected chi connectivity index (χ4v) is 1.98. The summed E-state index contributed by atoms with van der Waals surface area (Å²) in [6.45, 7) is 4.79. The molecule has 0 aromatic heterocycles. The van der Waals surface area contributed by atoms with Crippen molar-refractivity contribution in [2.24, 2.45) is 4.99 Å². The van der Waals surface area contributed by atoms with Gasteiger partial charge in [0.15, 0.2) is 5.11 Å². The van der Waals surface area contributed by atoms with Crippen molar-refractivity contribution >= 4 is 23.2 Å². The molecule has 0 radical (unpaired) electrons. The molecule has 4 heteroatoms. The van der Waals surface area contributed by atoms with E-state index >= 15 is 0 Å². The van der Waals surface area contributed by atoms with Crippen LogP contribution in [0.2, 0.25) is 0 Å². The Hall–Kier alpha value is -1.42. The second kappa shape index (κ2) is 4.22. The number of hydrogen-bond donors (Lipinski definition) is 2. The van der Waals surface area contributed by atoms with Gasteiger partial charge in [0.2, 0.25) is 0 Å². The van der Waals surface area contributed by atoms with Crippen molar-refractivity contribution in [1.29, 1.82) is 0 Å². The molecule has 16 heavy (non-hydrogen) atoms. The molecule has 1 aliphatic rings. The Bertz CT molecular complexity index is 423. The Morgan fingerprint density at radius 2 is 1.94 bits per heavy atom. The number of nitrogens with zero attached hydrogens (tertiary/aromatic N) is 1. The summed E-state index contributed by atoms with van der Waals surface area (Å²) in [5, 5.41) is 6.90. The van der Waals surface area contributed by atoms with Crippen molar-refractivity contribution in [3.8, 4) is 0 Å². The SMILES string of the molecule is CC1(C)NC(=S)NC1=NCc1ccccc1. The molecule has 0 saturated carbocycles. The van der Waals surface area contributed by atoms with Crippen LogP contribution in [0.15, 0.2) is 35.3 Å². The van der Waals surface area contributed by atoms with Crippen LogP contribution < -0.4 is 10.6 Å². The molecular weight excluding hydrogens is 218 g/mol. The van der Waals surface area contributed by atoms with Crippen molar-refractivity contribution in [2.75, 3.05) is 0 Å². The molecule has 0 spiro atoms. The van der Waals surface area contributed by atoms with Crippen LogP contribution in [0.25, 0.3) is 0 Å². The number of hydrogen-bond acceptors (Lipinski definition) is 2. The summed E-state index contributed by atoms with van der Waals surface area (Å²) < 4.78 is 0. The zero-order valence-electron chi connectivity index (χ0n) is 9.45. The molecule has 0 amide bonds. The minimum atomic E-state index is -0.189. The van der Waals surface area contributed by atoms with E-state index in [0.717, 1.165) is 5.84 Å². The highest BCUT2D eigenvalue weighted by molar-refractivity contribution is 7.80. The average molecular weight is 233 g/mol. The third-order valence-electron chi connectivity index (χ3n) is 2.51. The smallest absolute Gasteiger partial charge is 0.172 e. The highest BCUT2D eigenvalue weighted by Gasteiger charge is 2.32. The molecule has 1 heterocycles. The Balaban J connectivity index is 2.11. The first-order valence-electron chi connectivity index (χ1n) is 5.26. The standard InChI is InChI=1S/C12H15N3S/c1-12(2)10(14-11(16)15-12)13-8-9-6-4-3-5-7-9/h3-7H,8H2,1-2H3,(H2,13,14,15,16). The first-order valence-corrected chi connectivity index (χ1v) is 5.67. The molecule has 1 aromatic rings. The van der Waals surface area contributed by atoms with Crippen molar-refractivity contribution in [2.45, 2.75) is 25.9 Å². The van der Waals surface area contributed by atoms with Crippen molar-refractivity contribution < 1.29 is 0 Å². The molecule has 84 valence electrons. The van der Waals surface area contributed by atoms with Crippen LogP contribution in [-0.4, -0.2) is 16.5 Å². The van der Waals surface area contributed by atoms with Gasteiger partial charge in [-0.2, -0.15) is 0 Å². The lowest BCUT2D eigenvalue weighted by molar-refractivity contribution is 0.635. The Morgan fingerprint density at radius 1 is 1.25 bits per heavy atom. The highest BCUT2D eigenvalue weighted by atomic mass is 32.1. The molecule has 1 fully saturated rings. The maximum absolute atomic E-state index is 5.07. The van der Waals surface area contributed by atoms with Crippen LogP contribution in [0.4, 0.5) is 0 Å². The first-order chi connectivity index (χ1) is 7.58. The fourth-order valence-electron chi connectivity index (χ4n) is 1.63. The van der Waals surface area contributed by atoms with E-state index in [9.17, 15) is 0 Å². The molecule has 1 aromatic carbocycles. The maximum Gasteiger partial charge on any atom is 0.172 e. The quantitative estimate of drug-likeness (QED) is 0.765. The molecule has 1 saturated heterocycles. The highest BCUT2D eigenvalue weighted by Crippen LogP contribution is 2.11. The lowest BCUT2D eigenvalue weighted by Gasteiger charge is -2.17. The van der Waals surface area contributed by atoms with Crippen molar-refractivity contribution in [3.63, 3.8) is 0 Å². The molecule has 3 nitrogen and oxygen atoms in total. The molecule has 0 aliphatic carbocycles. The van der Waals surface area contributed by atoms with E-state index in [-0.39, 0.29) is 5.54 Å². The molecule has 1 aliphatic heterocycles. The molecular formula is C12H15N3S. The van der Waals surface area contributed by atoms with Gasteiger partial charge < -0.3 is 10.6 Å². The number of aliphatic imine (C=N–C) groups is 1. The zero-order chi connectivity index (χ0) is 11.6. The topological polar surface area (TPSA) is 36.4 Å². The predicted molar refractivity (Wildman–Crippen MR) is 70.5 cm³/mol. The van der Waals surface area contributed by atoms with Gasteiger partial charge in [0.25, 0.3) is 0 Å².